The van der Waals surface area contributed by atoms with E-state index < -0.39 is 0 Å². The van der Waals surface area contributed by atoms with Crippen LogP contribution >= 0.6 is 12.2 Å². The van der Waals surface area contributed by atoms with Crippen LogP contribution in [0.2, 0.25) is 0 Å². The standard InChI is InChI=1S/C23H29N3S/c1-16-10-17(2)12-19(11-16)24-23(27)25-20-13-21-8-9-22(14-20)26(21)15-18-6-4-3-5-7-18/h3-7,10-12,20-22H,8-9,13-15H2,1-2H3,(H2,24,25,27). The molecule has 2 atom stereocenters. The second kappa shape index (κ2) is 7.99. The zero-order chi connectivity index (χ0) is 18.8. The zero-order valence-corrected chi connectivity index (χ0v) is 17.1. The number of rotatable bonds is 4. The second-order valence-corrected chi connectivity index (χ2v) is 8.59. The predicted octanol–water partition coefficient (Wildman–Crippen LogP) is 4.79. The number of hydrogen-bond acceptors (Lipinski definition) is 2. The van der Waals surface area contributed by atoms with E-state index in [0.717, 1.165) is 17.3 Å². The van der Waals surface area contributed by atoms with Crippen molar-refractivity contribution in [1.82, 2.24) is 10.2 Å². The van der Waals surface area contributed by atoms with Gasteiger partial charge in [-0.05, 0) is 80.6 Å². The molecule has 0 amide bonds. The van der Waals surface area contributed by atoms with E-state index in [9.17, 15) is 0 Å². The number of hydrogen-bond donors (Lipinski definition) is 2. The van der Waals surface area contributed by atoms with Gasteiger partial charge in [-0.1, -0.05) is 36.4 Å². The van der Waals surface area contributed by atoms with Gasteiger partial charge in [0.1, 0.15) is 0 Å². The van der Waals surface area contributed by atoms with Crippen LogP contribution in [0.3, 0.4) is 0 Å². The van der Waals surface area contributed by atoms with Crippen molar-refractivity contribution in [3.05, 3.63) is 65.2 Å². The Hall–Kier alpha value is -1.91. The molecule has 2 heterocycles. The van der Waals surface area contributed by atoms with Gasteiger partial charge < -0.3 is 10.6 Å². The summed E-state index contributed by atoms with van der Waals surface area (Å²) in [7, 11) is 0. The summed E-state index contributed by atoms with van der Waals surface area (Å²) in [5.41, 5.74) is 5.02. The van der Waals surface area contributed by atoms with Crippen molar-refractivity contribution in [2.24, 2.45) is 0 Å². The third-order valence-corrected chi connectivity index (χ3v) is 6.13. The molecule has 2 bridgehead atoms. The normalized spacial score (nSPS) is 24.6. The van der Waals surface area contributed by atoms with Crippen molar-refractivity contribution < 1.29 is 0 Å². The fourth-order valence-electron chi connectivity index (χ4n) is 4.84. The van der Waals surface area contributed by atoms with Crippen LogP contribution in [-0.2, 0) is 6.54 Å². The maximum Gasteiger partial charge on any atom is 0.170 e. The molecule has 2 N–H and O–H groups in total. The Morgan fingerprint density at radius 1 is 1.00 bits per heavy atom. The predicted molar refractivity (Wildman–Crippen MR) is 117 cm³/mol. The van der Waals surface area contributed by atoms with Crippen molar-refractivity contribution in [3.63, 3.8) is 0 Å². The monoisotopic (exact) mass is 379 g/mol. The molecule has 2 aliphatic heterocycles. The second-order valence-electron chi connectivity index (χ2n) is 8.19. The van der Waals surface area contributed by atoms with Crippen molar-refractivity contribution in [3.8, 4) is 0 Å². The maximum atomic E-state index is 5.60. The van der Waals surface area contributed by atoms with Gasteiger partial charge in [0.25, 0.3) is 0 Å². The van der Waals surface area contributed by atoms with Crippen LogP contribution in [0.5, 0.6) is 0 Å². The van der Waals surface area contributed by atoms with E-state index in [-0.39, 0.29) is 0 Å². The summed E-state index contributed by atoms with van der Waals surface area (Å²) in [6, 6.07) is 19.2. The van der Waals surface area contributed by atoms with Gasteiger partial charge in [0.15, 0.2) is 5.11 Å². The Labute approximate surface area is 168 Å². The highest BCUT2D eigenvalue weighted by Crippen LogP contribution is 2.36. The van der Waals surface area contributed by atoms with E-state index in [1.807, 2.05) is 0 Å². The summed E-state index contributed by atoms with van der Waals surface area (Å²) in [6.07, 6.45) is 4.98. The molecule has 27 heavy (non-hydrogen) atoms. The molecule has 0 aromatic heterocycles. The largest absolute Gasteiger partial charge is 0.360 e. The summed E-state index contributed by atoms with van der Waals surface area (Å²) in [5.74, 6) is 0. The molecular formula is C23H29N3S. The molecule has 4 heteroatoms. The topological polar surface area (TPSA) is 27.3 Å². The van der Waals surface area contributed by atoms with Gasteiger partial charge in [0, 0.05) is 30.4 Å². The van der Waals surface area contributed by atoms with Gasteiger partial charge in [0.05, 0.1) is 0 Å². The number of anilines is 1. The molecule has 2 aromatic rings. The van der Waals surface area contributed by atoms with E-state index in [1.54, 1.807) is 0 Å². The van der Waals surface area contributed by atoms with Gasteiger partial charge in [-0.15, -0.1) is 0 Å². The molecule has 0 spiro atoms. The summed E-state index contributed by atoms with van der Waals surface area (Å²) in [6.45, 7) is 5.32. The highest BCUT2D eigenvalue weighted by molar-refractivity contribution is 7.80. The van der Waals surface area contributed by atoms with Crippen LogP contribution in [-0.4, -0.2) is 28.1 Å². The van der Waals surface area contributed by atoms with Crippen LogP contribution in [0.25, 0.3) is 0 Å². The van der Waals surface area contributed by atoms with Gasteiger partial charge >= 0.3 is 0 Å². The van der Waals surface area contributed by atoms with Crippen molar-refractivity contribution in [1.29, 1.82) is 0 Å². The lowest BCUT2D eigenvalue weighted by atomic mass is 9.96. The first-order valence-corrected chi connectivity index (χ1v) is 10.4. The van der Waals surface area contributed by atoms with Gasteiger partial charge in [-0.25, -0.2) is 0 Å². The lowest BCUT2D eigenvalue weighted by Crippen LogP contribution is -2.50. The van der Waals surface area contributed by atoms with E-state index in [0.29, 0.717) is 18.1 Å². The first-order chi connectivity index (χ1) is 13.1. The summed E-state index contributed by atoms with van der Waals surface area (Å²) in [5, 5.41) is 7.71. The van der Waals surface area contributed by atoms with Crippen LogP contribution in [0.15, 0.2) is 48.5 Å². The highest BCUT2D eigenvalue weighted by atomic mass is 32.1. The van der Waals surface area contributed by atoms with Gasteiger partial charge in [0.2, 0.25) is 0 Å². The molecule has 0 saturated carbocycles. The number of nitrogens with zero attached hydrogens (tertiary/aromatic N) is 1. The van der Waals surface area contributed by atoms with Crippen molar-refractivity contribution in [2.75, 3.05) is 5.32 Å². The average Bonchev–Trinajstić information content (AvgIpc) is 2.84. The number of piperidine rings is 1. The fraction of sp³-hybridized carbons (Fsp3) is 0.435. The Morgan fingerprint density at radius 2 is 1.63 bits per heavy atom. The van der Waals surface area contributed by atoms with Crippen LogP contribution in [0.1, 0.15) is 42.4 Å². The Kier molecular flexibility index (Phi) is 5.46. The smallest absolute Gasteiger partial charge is 0.170 e. The number of aryl methyl sites for hydroxylation is 2. The lowest BCUT2D eigenvalue weighted by molar-refractivity contribution is 0.115. The van der Waals surface area contributed by atoms with Crippen molar-refractivity contribution in [2.45, 2.75) is 64.2 Å². The van der Waals surface area contributed by atoms with E-state index in [4.69, 9.17) is 12.2 Å². The van der Waals surface area contributed by atoms with Gasteiger partial charge in [-0.3, -0.25) is 4.90 Å². The minimum absolute atomic E-state index is 0.473. The number of fused-ring (bicyclic) bond motifs is 2. The molecule has 2 aromatic carbocycles. The fourth-order valence-corrected chi connectivity index (χ4v) is 5.13. The van der Waals surface area contributed by atoms with Crippen molar-refractivity contribution >= 4 is 23.0 Å². The summed E-state index contributed by atoms with van der Waals surface area (Å²) >= 11 is 5.60. The molecule has 2 unspecified atom stereocenters. The Balaban J connectivity index is 1.33. The Bertz CT molecular complexity index is 770. The minimum atomic E-state index is 0.473. The molecule has 4 rings (SSSR count). The van der Waals surface area contributed by atoms with Crippen LogP contribution in [0, 0.1) is 13.8 Å². The molecule has 2 aliphatic rings. The molecule has 142 valence electrons. The summed E-state index contributed by atoms with van der Waals surface area (Å²) < 4.78 is 0. The quantitative estimate of drug-likeness (QED) is 0.747. The zero-order valence-electron chi connectivity index (χ0n) is 16.2. The van der Waals surface area contributed by atoms with E-state index in [2.05, 4.69) is 77.9 Å². The van der Waals surface area contributed by atoms with E-state index in [1.165, 1.54) is 42.4 Å². The third kappa shape index (κ3) is 4.50. The first kappa shape index (κ1) is 18.5. The molecular weight excluding hydrogens is 350 g/mol. The van der Waals surface area contributed by atoms with Gasteiger partial charge in [-0.2, -0.15) is 0 Å². The van der Waals surface area contributed by atoms with Crippen LogP contribution in [0.4, 0.5) is 5.69 Å². The SMILES string of the molecule is Cc1cc(C)cc(NC(=S)NC2CC3CCC(C2)N3Cc2ccccc2)c1. The molecule has 2 fully saturated rings. The molecule has 3 nitrogen and oxygen atoms in total. The van der Waals surface area contributed by atoms with Crippen LogP contribution < -0.4 is 10.6 Å². The molecule has 2 saturated heterocycles. The third-order valence-electron chi connectivity index (χ3n) is 5.91. The number of nitrogens with one attached hydrogen (secondary N) is 2. The molecule has 0 radical (unpaired) electrons. The first-order valence-electron chi connectivity index (χ1n) is 10.0. The highest BCUT2D eigenvalue weighted by Gasteiger charge is 2.40. The maximum absolute atomic E-state index is 5.60. The van der Waals surface area contributed by atoms with E-state index >= 15 is 0 Å². The Morgan fingerprint density at radius 3 is 2.26 bits per heavy atom. The molecule has 0 aliphatic carbocycles. The lowest BCUT2D eigenvalue weighted by Gasteiger charge is -2.39. The summed E-state index contributed by atoms with van der Waals surface area (Å²) in [4.78, 5) is 2.72. The number of benzene rings is 2. The number of thiocarbonyl (C=S) groups is 1. The average molecular weight is 380 g/mol. The minimum Gasteiger partial charge on any atom is -0.360 e.